The van der Waals surface area contributed by atoms with Crippen molar-refractivity contribution in [2.45, 2.75) is 32.7 Å². The Morgan fingerprint density at radius 2 is 2.17 bits per heavy atom. The van der Waals surface area contributed by atoms with Gasteiger partial charge in [0.2, 0.25) is 5.91 Å². The van der Waals surface area contributed by atoms with Crippen molar-refractivity contribution in [2.75, 3.05) is 39.4 Å². The fraction of sp³-hybridized carbons (Fsp3) is 0.722. The molecule has 2 aliphatic heterocycles. The molecule has 2 aliphatic rings. The van der Waals surface area contributed by atoms with Crippen LogP contribution in [-0.4, -0.2) is 61.1 Å². The van der Waals surface area contributed by atoms with Crippen molar-refractivity contribution in [3.05, 3.63) is 22.4 Å². The number of carbonyl (C=O) groups is 1. The van der Waals surface area contributed by atoms with Crippen LogP contribution in [0.4, 0.5) is 0 Å². The number of amides is 1. The number of nitrogens with zero attached hydrogens (tertiary/aromatic N) is 2. The van der Waals surface area contributed by atoms with Crippen LogP contribution in [0.2, 0.25) is 0 Å². The average Bonchev–Trinajstić information content (AvgIpc) is 3.24. The summed E-state index contributed by atoms with van der Waals surface area (Å²) in [7, 11) is 0. The highest BCUT2D eigenvalue weighted by atomic mass is 32.1. The largest absolute Gasteiger partial charge is 0.379 e. The van der Waals surface area contributed by atoms with Gasteiger partial charge in [-0.3, -0.25) is 9.69 Å². The van der Waals surface area contributed by atoms with Crippen molar-refractivity contribution in [3.63, 3.8) is 0 Å². The maximum absolute atomic E-state index is 12.8. The van der Waals surface area contributed by atoms with E-state index in [1.165, 1.54) is 4.88 Å². The molecule has 4 nitrogen and oxygen atoms in total. The van der Waals surface area contributed by atoms with E-state index in [9.17, 15) is 4.79 Å². The Balaban J connectivity index is 1.60. The Morgan fingerprint density at radius 3 is 2.83 bits per heavy atom. The second-order valence-corrected chi connectivity index (χ2v) is 7.84. The highest BCUT2D eigenvalue weighted by Crippen LogP contribution is 2.27. The summed E-state index contributed by atoms with van der Waals surface area (Å²) in [6, 6.07) is 4.71. The fourth-order valence-corrected chi connectivity index (χ4v) is 4.72. The van der Waals surface area contributed by atoms with E-state index in [-0.39, 0.29) is 5.92 Å². The molecule has 5 heteroatoms. The Labute approximate surface area is 143 Å². The number of thiophene rings is 1. The molecule has 3 rings (SSSR count). The zero-order chi connectivity index (χ0) is 16.2. The molecule has 3 heterocycles. The minimum Gasteiger partial charge on any atom is -0.379 e. The van der Waals surface area contributed by atoms with Crippen LogP contribution in [0, 0.1) is 11.8 Å². The number of ether oxygens (including phenoxy) is 1. The summed E-state index contributed by atoms with van der Waals surface area (Å²) in [6.45, 7) is 9.82. The third kappa shape index (κ3) is 3.95. The van der Waals surface area contributed by atoms with Gasteiger partial charge in [-0.1, -0.05) is 26.3 Å². The van der Waals surface area contributed by atoms with Crippen LogP contribution < -0.4 is 0 Å². The lowest BCUT2D eigenvalue weighted by atomic mass is 9.99. The van der Waals surface area contributed by atoms with Crippen LogP contribution in [0.25, 0.3) is 0 Å². The first kappa shape index (κ1) is 16.9. The molecule has 0 N–H and O–H groups in total. The smallest absolute Gasteiger partial charge is 0.225 e. The lowest BCUT2D eigenvalue weighted by molar-refractivity contribution is -0.134. The number of morpholine rings is 1. The molecular weight excluding hydrogens is 308 g/mol. The number of hydrogen-bond acceptors (Lipinski definition) is 4. The molecule has 3 atom stereocenters. The number of carbonyl (C=O) groups excluding carboxylic acids is 1. The summed E-state index contributed by atoms with van der Waals surface area (Å²) in [4.78, 5) is 18.8. The summed E-state index contributed by atoms with van der Waals surface area (Å²) >= 11 is 1.75. The first-order chi connectivity index (χ1) is 11.2. The summed E-state index contributed by atoms with van der Waals surface area (Å²) in [5, 5.41) is 2.09. The summed E-state index contributed by atoms with van der Waals surface area (Å²) < 4.78 is 5.48. The van der Waals surface area contributed by atoms with Gasteiger partial charge in [0.05, 0.1) is 13.2 Å². The number of likely N-dealkylation sites (tertiary alicyclic amines) is 1. The van der Waals surface area contributed by atoms with Crippen molar-refractivity contribution in [1.29, 1.82) is 0 Å². The number of rotatable bonds is 5. The van der Waals surface area contributed by atoms with Gasteiger partial charge in [0, 0.05) is 43.0 Å². The molecule has 128 valence electrons. The third-order valence-electron chi connectivity index (χ3n) is 5.27. The van der Waals surface area contributed by atoms with Crippen LogP contribution in [0.1, 0.15) is 25.1 Å². The Bertz CT molecular complexity index is 499. The van der Waals surface area contributed by atoms with Crippen LogP contribution in [-0.2, 0) is 16.0 Å². The Kier molecular flexibility index (Phi) is 5.72. The standard InChI is InChI=1S/C18H28N2O2S/c1-3-15-12-20(13-17(15)19-6-8-22-9-7-19)18(21)14(2)11-16-5-4-10-23-16/h4-5,10,14-15,17H,3,6-9,11-13H2,1-2H3/t14-,15+,17+/m0/s1. The van der Waals surface area contributed by atoms with Gasteiger partial charge in [0.25, 0.3) is 0 Å². The van der Waals surface area contributed by atoms with Crippen molar-refractivity contribution in [1.82, 2.24) is 9.80 Å². The summed E-state index contributed by atoms with van der Waals surface area (Å²) in [5.74, 6) is 1.01. The molecule has 2 saturated heterocycles. The minimum atomic E-state index is 0.0783. The fourth-order valence-electron chi connectivity index (χ4n) is 3.89. The van der Waals surface area contributed by atoms with E-state index < -0.39 is 0 Å². The normalized spacial score (nSPS) is 27.3. The molecule has 1 amide bonds. The van der Waals surface area contributed by atoms with Gasteiger partial charge in [-0.25, -0.2) is 0 Å². The van der Waals surface area contributed by atoms with E-state index in [1.54, 1.807) is 11.3 Å². The monoisotopic (exact) mass is 336 g/mol. The van der Waals surface area contributed by atoms with Crippen molar-refractivity contribution in [2.24, 2.45) is 11.8 Å². The molecule has 0 saturated carbocycles. The topological polar surface area (TPSA) is 32.8 Å². The molecule has 0 bridgehead atoms. The average molecular weight is 337 g/mol. The molecule has 0 spiro atoms. The first-order valence-electron chi connectivity index (χ1n) is 8.82. The van der Waals surface area contributed by atoms with Gasteiger partial charge in [-0.2, -0.15) is 0 Å². The first-order valence-corrected chi connectivity index (χ1v) is 9.70. The van der Waals surface area contributed by atoms with E-state index in [0.717, 1.165) is 52.2 Å². The Hall–Kier alpha value is -0.910. The van der Waals surface area contributed by atoms with Gasteiger partial charge in [-0.05, 0) is 23.8 Å². The number of hydrogen-bond donors (Lipinski definition) is 0. The Morgan fingerprint density at radius 1 is 1.39 bits per heavy atom. The quantitative estimate of drug-likeness (QED) is 0.828. The maximum Gasteiger partial charge on any atom is 0.225 e. The lowest BCUT2D eigenvalue weighted by Gasteiger charge is -2.34. The van der Waals surface area contributed by atoms with Crippen molar-refractivity contribution < 1.29 is 9.53 Å². The molecule has 0 radical (unpaired) electrons. The molecule has 0 unspecified atom stereocenters. The molecule has 0 aliphatic carbocycles. The van der Waals surface area contributed by atoms with Crippen molar-refractivity contribution in [3.8, 4) is 0 Å². The molecule has 23 heavy (non-hydrogen) atoms. The minimum absolute atomic E-state index is 0.0783. The molecule has 1 aromatic heterocycles. The molecule has 0 aromatic carbocycles. The van der Waals surface area contributed by atoms with Crippen LogP contribution >= 0.6 is 11.3 Å². The zero-order valence-corrected chi connectivity index (χ0v) is 15.1. The maximum atomic E-state index is 12.8. The lowest BCUT2D eigenvalue weighted by Crippen LogP contribution is -2.47. The van der Waals surface area contributed by atoms with E-state index in [4.69, 9.17) is 4.74 Å². The van der Waals surface area contributed by atoms with Gasteiger partial charge >= 0.3 is 0 Å². The molecule has 1 aromatic rings. The van der Waals surface area contributed by atoms with E-state index in [1.807, 2.05) is 0 Å². The van der Waals surface area contributed by atoms with Gasteiger partial charge in [0.1, 0.15) is 0 Å². The van der Waals surface area contributed by atoms with Crippen LogP contribution in [0.3, 0.4) is 0 Å². The highest BCUT2D eigenvalue weighted by Gasteiger charge is 2.38. The molecular formula is C18H28N2O2S. The second-order valence-electron chi connectivity index (χ2n) is 6.81. The third-order valence-corrected chi connectivity index (χ3v) is 6.16. The SMILES string of the molecule is CC[C@@H]1CN(C(=O)[C@@H](C)Cc2cccs2)C[C@H]1N1CCOCC1. The van der Waals surface area contributed by atoms with E-state index in [0.29, 0.717) is 17.9 Å². The predicted octanol–water partition coefficient (Wildman–Crippen LogP) is 2.50. The summed E-state index contributed by atoms with van der Waals surface area (Å²) in [6.07, 6.45) is 2.01. The summed E-state index contributed by atoms with van der Waals surface area (Å²) in [5.41, 5.74) is 0. The highest BCUT2D eigenvalue weighted by molar-refractivity contribution is 7.09. The molecule has 2 fully saturated rings. The van der Waals surface area contributed by atoms with Gasteiger partial charge in [-0.15, -0.1) is 11.3 Å². The van der Waals surface area contributed by atoms with Crippen LogP contribution in [0.5, 0.6) is 0 Å². The zero-order valence-electron chi connectivity index (χ0n) is 14.2. The van der Waals surface area contributed by atoms with Crippen molar-refractivity contribution >= 4 is 17.2 Å². The van der Waals surface area contributed by atoms with Gasteiger partial charge in [0.15, 0.2) is 0 Å². The van der Waals surface area contributed by atoms with Crippen LogP contribution in [0.15, 0.2) is 17.5 Å². The van der Waals surface area contributed by atoms with Gasteiger partial charge < -0.3 is 9.64 Å². The predicted molar refractivity (Wildman–Crippen MR) is 93.7 cm³/mol. The second kappa shape index (κ2) is 7.77. The van der Waals surface area contributed by atoms with E-state index in [2.05, 4.69) is 41.2 Å². The van der Waals surface area contributed by atoms with E-state index >= 15 is 0 Å².